The Morgan fingerprint density at radius 3 is 2.56 bits per heavy atom. The van der Waals surface area contributed by atoms with Gasteiger partial charge in [0.15, 0.2) is 0 Å². The van der Waals surface area contributed by atoms with Gasteiger partial charge in [0.1, 0.15) is 5.00 Å². The van der Waals surface area contributed by atoms with Gasteiger partial charge in [-0.1, -0.05) is 29.8 Å². The second-order valence-electron chi connectivity index (χ2n) is 8.29. The maximum Gasteiger partial charge on any atom is 0.341 e. The summed E-state index contributed by atoms with van der Waals surface area (Å²) in [5.74, 6) is -0.278. The Morgan fingerprint density at radius 2 is 1.93 bits per heavy atom. The summed E-state index contributed by atoms with van der Waals surface area (Å²) >= 11 is 1.58. The van der Waals surface area contributed by atoms with Crippen LogP contribution in [0.1, 0.15) is 66.5 Å². The number of hydrogen-bond acceptors (Lipinski definition) is 5. The van der Waals surface area contributed by atoms with Crippen LogP contribution in [0.4, 0.5) is 5.00 Å². The van der Waals surface area contributed by atoms with E-state index in [-0.39, 0.29) is 17.0 Å². The number of thiophene rings is 1. The van der Waals surface area contributed by atoms with Gasteiger partial charge in [-0.25, -0.2) is 9.79 Å². The molecule has 2 aromatic rings. The lowest BCUT2D eigenvalue weighted by molar-refractivity contribution is 0.0525. The first kappa shape index (κ1) is 19.8. The van der Waals surface area contributed by atoms with Crippen molar-refractivity contribution in [1.82, 2.24) is 5.32 Å². The van der Waals surface area contributed by atoms with Gasteiger partial charge in [0.25, 0.3) is 0 Å². The predicted octanol–water partition coefficient (Wildman–Crippen LogP) is 5.14. The Kier molecular flexibility index (Phi) is 5.28. The average Bonchev–Trinajstić information content (AvgIpc) is 2.92. The van der Waals surface area contributed by atoms with Crippen molar-refractivity contribution in [3.05, 3.63) is 51.4 Å². The molecule has 0 atom stereocenters. The van der Waals surface area contributed by atoms with E-state index in [4.69, 9.17) is 9.73 Å². The van der Waals surface area contributed by atoms with E-state index in [9.17, 15) is 4.79 Å². The molecule has 3 rings (SSSR count). The molecule has 144 valence electrons. The number of fused-ring (bicyclic) bond motifs is 1. The van der Waals surface area contributed by atoms with Crippen molar-refractivity contribution in [2.24, 2.45) is 4.99 Å². The lowest BCUT2D eigenvalue weighted by Gasteiger charge is -2.42. The highest BCUT2D eigenvalue weighted by atomic mass is 32.1. The fourth-order valence-electron chi connectivity index (χ4n) is 3.80. The van der Waals surface area contributed by atoms with Gasteiger partial charge in [0, 0.05) is 22.2 Å². The lowest BCUT2D eigenvalue weighted by atomic mass is 9.81. The van der Waals surface area contributed by atoms with Gasteiger partial charge in [0.2, 0.25) is 0 Å². The molecular weight excluding hydrogens is 356 g/mol. The van der Waals surface area contributed by atoms with Gasteiger partial charge in [-0.3, -0.25) is 0 Å². The summed E-state index contributed by atoms with van der Waals surface area (Å²) in [5, 5.41) is 4.41. The third-order valence-corrected chi connectivity index (χ3v) is 6.18. The van der Waals surface area contributed by atoms with Crippen molar-refractivity contribution in [1.29, 1.82) is 0 Å². The van der Waals surface area contributed by atoms with E-state index in [1.807, 2.05) is 25.3 Å². The van der Waals surface area contributed by atoms with Gasteiger partial charge >= 0.3 is 5.97 Å². The van der Waals surface area contributed by atoms with E-state index in [0.29, 0.717) is 12.2 Å². The number of nitrogens with zero attached hydrogens (tertiary/aromatic N) is 1. The van der Waals surface area contributed by atoms with Crippen LogP contribution in [0.3, 0.4) is 0 Å². The van der Waals surface area contributed by atoms with Crippen LogP contribution >= 0.6 is 11.3 Å². The quantitative estimate of drug-likeness (QED) is 0.586. The monoisotopic (exact) mass is 384 g/mol. The highest BCUT2D eigenvalue weighted by Gasteiger charge is 2.41. The van der Waals surface area contributed by atoms with Gasteiger partial charge < -0.3 is 10.1 Å². The van der Waals surface area contributed by atoms with Gasteiger partial charge in [-0.2, -0.15) is 0 Å². The largest absolute Gasteiger partial charge is 0.462 e. The Bertz CT molecular complexity index is 876. The molecule has 0 unspecified atom stereocenters. The predicted molar refractivity (Wildman–Crippen MR) is 113 cm³/mol. The molecule has 1 aromatic carbocycles. The SMILES string of the molecule is CCOC(=O)c1c(N=Cc2ccc(C)cc2)sc2c1CC(C)(C)NC2(C)C. The molecule has 0 amide bonds. The molecule has 0 saturated carbocycles. The number of esters is 1. The minimum Gasteiger partial charge on any atom is -0.462 e. The van der Waals surface area contributed by atoms with Crippen molar-refractivity contribution in [3.63, 3.8) is 0 Å². The van der Waals surface area contributed by atoms with Crippen molar-refractivity contribution < 1.29 is 9.53 Å². The van der Waals surface area contributed by atoms with E-state index in [1.54, 1.807) is 11.3 Å². The topological polar surface area (TPSA) is 50.7 Å². The molecular formula is C22H28N2O2S. The molecule has 4 nitrogen and oxygen atoms in total. The maximum atomic E-state index is 12.8. The maximum absolute atomic E-state index is 12.8. The molecule has 0 aliphatic carbocycles. The normalized spacial score (nSPS) is 17.7. The molecule has 2 heterocycles. The number of ether oxygens (including phenoxy) is 1. The third-order valence-electron chi connectivity index (χ3n) is 4.71. The summed E-state index contributed by atoms with van der Waals surface area (Å²) in [5.41, 5.74) is 3.60. The van der Waals surface area contributed by atoms with E-state index in [0.717, 1.165) is 22.5 Å². The number of nitrogens with one attached hydrogen (secondary N) is 1. The first-order valence-corrected chi connectivity index (χ1v) is 10.2. The van der Waals surface area contributed by atoms with Crippen LogP contribution in [0.2, 0.25) is 0 Å². The molecule has 0 spiro atoms. The molecule has 5 heteroatoms. The molecule has 1 aliphatic heterocycles. The van der Waals surface area contributed by atoms with Gasteiger partial charge in [0.05, 0.1) is 12.2 Å². The molecule has 0 saturated heterocycles. The molecule has 0 fully saturated rings. The highest BCUT2D eigenvalue weighted by Crippen LogP contribution is 2.46. The molecule has 27 heavy (non-hydrogen) atoms. The van der Waals surface area contributed by atoms with Crippen molar-refractivity contribution in [3.8, 4) is 0 Å². The van der Waals surface area contributed by atoms with Crippen LogP contribution in [0.25, 0.3) is 0 Å². The number of aryl methyl sites for hydroxylation is 1. The van der Waals surface area contributed by atoms with Gasteiger partial charge in [-0.15, -0.1) is 11.3 Å². The number of rotatable bonds is 4. The molecule has 1 N–H and O–H groups in total. The van der Waals surface area contributed by atoms with Crippen molar-refractivity contribution >= 4 is 28.5 Å². The zero-order valence-electron chi connectivity index (χ0n) is 17.0. The Hall–Kier alpha value is -1.98. The van der Waals surface area contributed by atoms with E-state index < -0.39 is 0 Å². The van der Waals surface area contributed by atoms with Crippen LogP contribution in [0, 0.1) is 6.92 Å². The third kappa shape index (κ3) is 4.14. The number of carbonyl (C=O) groups is 1. The molecule has 0 radical (unpaired) electrons. The van der Waals surface area contributed by atoms with Crippen LogP contribution in [-0.4, -0.2) is 24.3 Å². The lowest BCUT2D eigenvalue weighted by Crippen LogP contribution is -2.55. The second-order valence-corrected chi connectivity index (χ2v) is 9.29. The molecule has 1 aromatic heterocycles. The fourth-order valence-corrected chi connectivity index (χ4v) is 5.02. The summed E-state index contributed by atoms with van der Waals surface area (Å²) in [7, 11) is 0. The number of carbonyl (C=O) groups excluding carboxylic acids is 1. The molecule has 0 bridgehead atoms. The highest BCUT2D eigenvalue weighted by molar-refractivity contribution is 7.16. The zero-order valence-corrected chi connectivity index (χ0v) is 17.8. The van der Waals surface area contributed by atoms with E-state index in [1.165, 1.54) is 10.4 Å². The summed E-state index contributed by atoms with van der Waals surface area (Å²) < 4.78 is 5.37. The second kappa shape index (κ2) is 7.21. The summed E-state index contributed by atoms with van der Waals surface area (Å²) in [6.07, 6.45) is 2.60. The Balaban J connectivity index is 2.09. The Morgan fingerprint density at radius 1 is 1.26 bits per heavy atom. The van der Waals surface area contributed by atoms with E-state index in [2.05, 4.69) is 52.1 Å². The van der Waals surface area contributed by atoms with Crippen molar-refractivity contribution in [2.75, 3.05) is 6.61 Å². The van der Waals surface area contributed by atoms with Crippen LogP contribution in [0.15, 0.2) is 29.3 Å². The van der Waals surface area contributed by atoms with Crippen LogP contribution < -0.4 is 5.32 Å². The minimum atomic E-state index is -0.278. The number of hydrogen-bond donors (Lipinski definition) is 1. The van der Waals surface area contributed by atoms with Crippen LogP contribution in [-0.2, 0) is 16.7 Å². The van der Waals surface area contributed by atoms with Crippen LogP contribution in [0.5, 0.6) is 0 Å². The first-order valence-electron chi connectivity index (χ1n) is 9.36. The van der Waals surface area contributed by atoms with Crippen molar-refractivity contribution in [2.45, 2.75) is 59.0 Å². The van der Waals surface area contributed by atoms with E-state index >= 15 is 0 Å². The average molecular weight is 385 g/mol. The first-order chi connectivity index (χ1) is 12.6. The Labute approximate surface area is 165 Å². The zero-order chi connectivity index (χ0) is 19.8. The molecule has 1 aliphatic rings. The number of aliphatic imine (C=N–C) groups is 1. The van der Waals surface area contributed by atoms with Gasteiger partial charge in [-0.05, 0) is 59.1 Å². The fraction of sp³-hybridized carbons (Fsp3) is 0.455. The summed E-state index contributed by atoms with van der Waals surface area (Å²) in [6, 6.07) is 8.18. The standard InChI is InChI=1S/C22H28N2O2S/c1-7-26-20(25)17-16-12-21(3,4)24-22(5,6)18(16)27-19(17)23-13-15-10-8-14(2)9-11-15/h8-11,13,24H,7,12H2,1-6H3. The number of benzene rings is 1. The smallest absolute Gasteiger partial charge is 0.341 e. The minimum absolute atomic E-state index is 0.100. The summed E-state index contributed by atoms with van der Waals surface area (Å²) in [4.78, 5) is 18.6. The summed E-state index contributed by atoms with van der Waals surface area (Å²) in [6.45, 7) is 12.9.